The Labute approximate surface area is 181 Å². The Morgan fingerprint density at radius 2 is 1.77 bits per heavy atom. The molecule has 0 bridgehead atoms. The summed E-state index contributed by atoms with van der Waals surface area (Å²) < 4.78 is 11.8. The number of ether oxygens (including phenoxy) is 2. The molecule has 0 aliphatic rings. The highest BCUT2D eigenvalue weighted by molar-refractivity contribution is 5.75. The van der Waals surface area contributed by atoms with E-state index in [4.69, 9.17) is 9.47 Å². The molecule has 162 valence electrons. The first-order valence-corrected chi connectivity index (χ1v) is 10.2. The molecular formula is C24H27N3O4. The van der Waals surface area contributed by atoms with E-state index in [1.165, 1.54) is 10.7 Å². The first-order chi connectivity index (χ1) is 15.1. The fourth-order valence-corrected chi connectivity index (χ4v) is 3.16. The first kappa shape index (κ1) is 22.1. The number of nitrogens with zero attached hydrogens (tertiary/aromatic N) is 2. The number of carbonyl (C=O) groups excluding carboxylic acids is 1. The summed E-state index contributed by atoms with van der Waals surface area (Å²) in [5.41, 5.74) is 2.49. The van der Waals surface area contributed by atoms with Crippen LogP contribution in [0.2, 0.25) is 0 Å². The summed E-state index contributed by atoms with van der Waals surface area (Å²) in [6, 6.07) is 18.5. The highest BCUT2D eigenvalue weighted by Crippen LogP contribution is 2.21. The van der Waals surface area contributed by atoms with Gasteiger partial charge < -0.3 is 14.8 Å². The SMILES string of the molecule is COc1ccc(CCNC(=O)CCCn2nc(-c3cccc(OC)c3)ccc2=O)cc1. The van der Waals surface area contributed by atoms with Crippen LogP contribution in [0, 0.1) is 0 Å². The van der Waals surface area contributed by atoms with E-state index in [1.54, 1.807) is 20.3 Å². The van der Waals surface area contributed by atoms with Crippen molar-refractivity contribution in [3.8, 4) is 22.8 Å². The molecule has 0 saturated heterocycles. The van der Waals surface area contributed by atoms with Crippen LogP contribution in [-0.4, -0.2) is 36.5 Å². The van der Waals surface area contributed by atoms with Crippen molar-refractivity contribution in [3.05, 3.63) is 76.6 Å². The molecule has 0 saturated carbocycles. The number of nitrogens with one attached hydrogen (secondary N) is 1. The fraction of sp³-hybridized carbons (Fsp3) is 0.292. The molecule has 0 aliphatic heterocycles. The summed E-state index contributed by atoms with van der Waals surface area (Å²) in [5, 5.41) is 7.36. The Hall–Kier alpha value is -3.61. The van der Waals surface area contributed by atoms with Gasteiger partial charge in [-0.05, 0) is 48.7 Å². The van der Waals surface area contributed by atoms with Gasteiger partial charge in [0.1, 0.15) is 11.5 Å². The quantitative estimate of drug-likeness (QED) is 0.544. The molecule has 1 N–H and O–H groups in total. The molecule has 3 aromatic rings. The van der Waals surface area contributed by atoms with Crippen molar-refractivity contribution in [3.63, 3.8) is 0 Å². The Balaban J connectivity index is 1.48. The van der Waals surface area contributed by atoms with Gasteiger partial charge in [-0.25, -0.2) is 4.68 Å². The van der Waals surface area contributed by atoms with E-state index in [9.17, 15) is 9.59 Å². The predicted octanol–water partition coefficient (Wildman–Crippen LogP) is 3.07. The number of methoxy groups -OCH3 is 2. The lowest BCUT2D eigenvalue weighted by atomic mass is 10.1. The van der Waals surface area contributed by atoms with Gasteiger partial charge in [-0.2, -0.15) is 5.10 Å². The average Bonchev–Trinajstić information content (AvgIpc) is 2.80. The third-order valence-electron chi connectivity index (χ3n) is 4.90. The minimum Gasteiger partial charge on any atom is -0.497 e. The van der Waals surface area contributed by atoms with E-state index in [-0.39, 0.29) is 11.5 Å². The lowest BCUT2D eigenvalue weighted by Crippen LogP contribution is -2.27. The highest BCUT2D eigenvalue weighted by Gasteiger charge is 2.07. The molecular weight excluding hydrogens is 394 g/mol. The van der Waals surface area contributed by atoms with Gasteiger partial charge in [0.2, 0.25) is 5.91 Å². The van der Waals surface area contributed by atoms with Crippen LogP contribution in [0.4, 0.5) is 0 Å². The predicted molar refractivity (Wildman–Crippen MR) is 119 cm³/mol. The lowest BCUT2D eigenvalue weighted by Gasteiger charge is -2.09. The van der Waals surface area contributed by atoms with Crippen LogP contribution in [0.1, 0.15) is 18.4 Å². The molecule has 1 heterocycles. The summed E-state index contributed by atoms with van der Waals surface area (Å²) in [6.45, 7) is 0.942. The Kier molecular flexibility index (Phi) is 7.81. The maximum absolute atomic E-state index is 12.1. The zero-order valence-corrected chi connectivity index (χ0v) is 17.8. The number of rotatable bonds is 10. The van der Waals surface area contributed by atoms with Crippen LogP contribution < -0.4 is 20.3 Å². The number of aryl methyl sites for hydroxylation is 1. The number of hydrogen-bond donors (Lipinski definition) is 1. The molecule has 0 radical (unpaired) electrons. The zero-order valence-electron chi connectivity index (χ0n) is 17.8. The maximum Gasteiger partial charge on any atom is 0.266 e. The first-order valence-electron chi connectivity index (χ1n) is 10.2. The third kappa shape index (κ3) is 6.44. The van der Waals surface area contributed by atoms with Crippen LogP contribution in [0.25, 0.3) is 11.3 Å². The van der Waals surface area contributed by atoms with Gasteiger partial charge in [-0.15, -0.1) is 0 Å². The summed E-state index contributed by atoms with van der Waals surface area (Å²) >= 11 is 0. The number of hydrogen-bond acceptors (Lipinski definition) is 5. The van der Waals surface area contributed by atoms with E-state index in [0.29, 0.717) is 31.6 Å². The smallest absolute Gasteiger partial charge is 0.266 e. The summed E-state index contributed by atoms with van der Waals surface area (Å²) in [7, 11) is 3.24. The molecule has 1 amide bonds. The second kappa shape index (κ2) is 11.0. The zero-order chi connectivity index (χ0) is 22.1. The van der Waals surface area contributed by atoms with Gasteiger partial charge in [-0.3, -0.25) is 9.59 Å². The van der Waals surface area contributed by atoms with Gasteiger partial charge in [0.25, 0.3) is 5.56 Å². The molecule has 31 heavy (non-hydrogen) atoms. The molecule has 0 spiro atoms. The van der Waals surface area contributed by atoms with Crippen LogP contribution in [0.3, 0.4) is 0 Å². The van der Waals surface area contributed by atoms with Crippen molar-refractivity contribution in [1.82, 2.24) is 15.1 Å². The number of benzene rings is 2. The van der Waals surface area contributed by atoms with E-state index in [1.807, 2.05) is 48.5 Å². The average molecular weight is 421 g/mol. The number of amides is 1. The molecule has 0 aliphatic carbocycles. The largest absolute Gasteiger partial charge is 0.497 e. The van der Waals surface area contributed by atoms with Crippen molar-refractivity contribution in [1.29, 1.82) is 0 Å². The van der Waals surface area contributed by atoms with E-state index in [0.717, 1.165) is 29.0 Å². The van der Waals surface area contributed by atoms with Crippen LogP contribution in [0.5, 0.6) is 11.5 Å². The Bertz CT molecular complexity index is 1060. The summed E-state index contributed by atoms with van der Waals surface area (Å²) in [5.74, 6) is 1.50. The Morgan fingerprint density at radius 3 is 2.52 bits per heavy atom. The van der Waals surface area contributed by atoms with E-state index < -0.39 is 0 Å². The van der Waals surface area contributed by atoms with Crippen LogP contribution >= 0.6 is 0 Å². The molecule has 1 aromatic heterocycles. The number of aromatic nitrogens is 2. The number of carbonyl (C=O) groups is 1. The second-order valence-electron chi connectivity index (χ2n) is 7.06. The van der Waals surface area contributed by atoms with Crippen molar-refractivity contribution in [2.75, 3.05) is 20.8 Å². The van der Waals surface area contributed by atoms with E-state index >= 15 is 0 Å². The van der Waals surface area contributed by atoms with Gasteiger partial charge in [0.15, 0.2) is 0 Å². The van der Waals surface area contributed by atoms with Crippen molar-refractivity contribution in [2.45, 2.75) is 25.8 Å². The Morgan fingerprint density at radius 1 is 1.00 bits per heavy atom. The van der Waals surface area contributed by atoms with Gasteiger partial charge >= 0.3 is 0 Å². The van der Waals surface area contributed by atoms with E-state index in [2.05, 4.69) is 10.4 Å². The molecule has 0 unspecified atom stereocenters. The van der Waals surface area contributed by atoms with Crippen LogP contribution in [0.15, 0.2) is 65.5 Å². The standard InChI is InChI=1S/C24H27N3O4/c1-30-20-10-8-18(9-11-20)14-15-25-23(28)7-4-16-27-24(29)13-12-22(26-27)19-5-3-6-21(17-19)31-2/h3,5-6,8-13,17H,4,7,14-16H2,1-2H3,(H,25,28). The fourth-order valence-electron chi connectivity index (χ4n) is 3.16. The molecule has 7 nitrogen and oxygen atoms in total. The molecule has 2 aromatic carbocycles. The second-order valence-corrected chi connectivity index (χ2v) is 7.06. The van der Waals surface area contributed by atoms with Gasteiger partial charge in [0.05, 0.1) is 19.9 Å². The molecule has 3 rings (SSSR count). The molecule has 0 fully saturated rings. The minimum absolute atomic E-state index is 0.0366. The van der Waals surface area contributed by atoms with Crippen molar-refractivity contribution >= 4 is 5.91 Å². The summed E-state index contributed by atoms with van der Waals surface area (Å²) in [4.78, 5) is 24.3. The van der Waals surface area contributed by atoms with Crippen LogP contribution in [-0.2, 0) is 17.8 Å². The topological polar surface area (TPSA) is 82.4 Å². The van der Waals surface area contributed by atoms with Gasteiger partial charge in [0, 0.05) is 31.1 Å². The molecule has 0 atom stereocenters. The van der Waals surface area contributed by atoms with Crippen molar-refractivity contribution in [2.24, 2.45) is 0 Å². The monoisotopic (exact) mass is 421 g/mol. The minimum atomic E-state index is -0.188. The summed E-state index contributed by atoms with van der Waals surface area (Å²) in [6.07, 6.45) is 1.61. The highest BCUT2D eigenvalue weighted by atomic mass is 16.5. The molecule has 7 heteroatoms. The normalized spacial score (nSPS) is 10.5. The third-order valence-corrected chi connectivity index (χ3v) is 4.90. The lowest BCUT2D eigenvalue weighted by molar-refractivity contribution is -0.121. The van der Waals surface area contributed by atoms with Gasteiger partial charge in [-0.1, -0.05) is 24.3 Å². The maximum atomic E-state index is 12.1. The van der Waals surface area contributed by atoms with Crippen molar-refractivity contribution < 1.29 is 14.3 Å².